The first-order valence-corrected chi connectivity index (χ1v) is 6.19. The Morgan fingerprint density at radius 3 is 2.68 bits per heavy atom. The summed E-state index contributed by atoms with van der Waals surface area (Å²) in [5, 5.41) is 4.33. The minimum Gasteiger partial charge on any atom is -0.497 e. The summed E-state index contributed by atoms with van der Waals surface area (Å²) in [5.41, 5.74) is 3.63. The number of aryl methyl sites for hydroxylation is 2. The van der Waals surface area contributed by atoms with Crippen molar-refractivity contribution in [3.8, 4) is 5.75 Å². The SMILES string of the molecule is COc1cccc(C(=O)Cc2c(C)nn(C)c2C)c1. The van der Waals surface area contributed by atoms with Crippen LogP contribution in [0.1, 0.15) is 27.3 Å². The standard InChI is InChI=1S/C15H18N2O2/c1-10-14(11(2)17(3)16-10)9-15(18)12-6-5-7-13(8-12)19-4/h5-8H,9H2,1-4H3. The molecule has 2 rings (SSSR count). The van der Waals surface area contributed by atoms with Gasteiger partial charge in [0, 0.05) is 30.3 Å². The summed E-state index contributed by atoms with van der Waals surface area (Å²) < 4.78 is 6.95. The van der Waals surface area contributed by atoms with Gasteiger partial charge in [-0.05, 0) is 26.0 Å². The lowest BCUT2D eigenvalue weighted by atomic mass is 10.0. The normalized spacial score (nSPS) is 10.5. The second kappa shape index (κ2) is 5.26. The van der Waals surface area contributed by atoms with Gasteiger partial charge in [-0.15, -0.1) is 0 Å². The van der Waals surface area contributed by atoms with Gasteiger partial charge in [0.1, 0.15) is 5.75 Å². The molecule has 1 aromatic heterocycles. The predicted molar refractivity (Wildman–Crippen MR) is 73.7 cm³/mol. The van der Waals surface area contributed by atoms with E-state index in [1.165, 1.54) is 0 Å². The molecule has 0 amide bonds. The molecular weight excluding hydrogens is 240 g/mol. The molecule has 0 spiro atoms. The van der Waals surface area contributed by atoms with Crippen molar-refractivity contribution in [3.05, 3.63) is 46.8 Å². The lowest BCUT2D eigenvalue weighted by Crippen LogP contribution is -2.05. The van der Waals surface area contributed by atoms with Gasteiger partial charge in [-0.3, -0.25) is 9.48 Å². The van der Waals surface area contributed by atoms with Gasteiger partial charge in [0.2, 0.25) is 0 Å². The van der Waals surface area contributed by atoms with Crippen LogP contribution < -0.4 is 4.74 Å². The van der Waals surface area contributed by atoms with Gasteiger partial charge in [0.15, 0.2) is 5.78 Å². The van der Waals surface area contributed by atoms with Crippen LogP contribution in [-0.4, -0.2) is 22.7 Å². The van der Waals surface area contributed by atoms with Gasteiger partial charge in [0.05, 0.1) is 12.8 Å². The summed E-state index contributed by atoms with van der Waals surface area (Å²) in [5.74, 6) is 0.781. The molecular formula is C15H18N2O2. The molecule has 0 radical (unpaired) electrons. The number of hydrogen-bond donors (Lipinski definition) is 0. The van der Waals surface area contributed by atoms with E-state index in [1.54, 1.807) is 13.2 Å². The van der Waals surface area contributed by atoms with Crippen molar-refractivity contribution in [1.29, 1.82) is 0 Å². The van der Waals surface area contributed by atoms with E-state index < -0.39 is 0 Å². The highest BCUT2D eigenvalue weighted by Gasteiger charge is 2.15. The van der Waals surface area contributed by atoms with E-state index in [2.05, 4.69) is 5.10 Å². The minimum atomic E-state index is 0.0816. The van der Waals surface area contributed by atoms with Crippen molar-refractivity contribution in [2.24, 2.45) is 7.05 Å². The number of carbonyl (C=O) groups excluding carboxylic acids is 1. The fraction of sp³-hybridized carbons (Fsp3) is 0.333. The van der Waals surface area contributed by atoms with Crippen LogP contribution >= 0.6 is 0 Å². The quantitative estimate of drug-likeness (QED) is 0.791. The molecule has 0 fully saturated rings. The molecule has 1 heterocycles. The number of nitrogens with zero attached hydrogens (tertiary/aromatic N) is 2. The Kier molecular flexibility index (Phi) is 3.69. The number of ether oxygens (including phenoxy) is 1. The molecule has 0 aliphatic rings. The molecule has 100 valence electrons. The van der Waals surface area contributed by atoms with Crippen molar-refractivity contribution in [1.82, 2.24) is 9.78 Å². The number of benzene rings is 1. The van der Waals surface area contributed by atoms with E-state index in [0.29, 0.717) is 17.7 Å². The predicted octanol–water partition coefficient (Wildman–Crippen LogP) is 2.47. The third kappa shape index (κ3) is 2.67. The Morgan fingerprint density at radius 1 is 1.37 bits per heavy atom. The van der Waals surface area contributed by atoms with Crippen molar-refractivity contribution in [2.75, 3.05) is 7.11 Å². The maximum Gasteiger partial charge on any atom is 0.167 e. The van der Waals surface area contributed by atoms with Crippen LogP contribution in [0.4, 0.5) is 0 Å². The Balaban J connectivity index is 2.25. The van der Waals surface area contributed by atoms with Crippen LogP contribution in [0.25, 0.3) is 0 Å². The lowest BCUT2D eigenvalue weighted by molar-refractivity contribution is 0.0992. The number of methoxy groups -OCH3 is 1. The number of carbonyl (C=O) groups is 1. The van der Waals surface area contributed by atoms with E-state index in [1.807, 2.05) is 43.8 Å². The fourth-order valence-electron chi connectivity index (χ4n) is 2.13. The van der Waals surface area contributed by atoms with E-state index in [-0.39, 0.29) is 5.78 Å². The first-order valence-electron chi connectivity index (χ1n) is 6.19. The van der Waals surface area contributed by atoms with Crippen LogP contribution in [0.2, 0.25) is 0 Å². The molecule has 0 atom stereocenters. The highest BCUT2D eigenvalue weighted by molar-refractivity contribution is 5.98. The zero-order chi connectivity index (χ0) is 14.0. The van der Waals surface area contributed by atoms with Crippen LogP contribution in [0.5, 0.6) is 5.75 Å². The second-order valence-corrected chi connectivity index (χ2v) is 4.60. The molecule has 0 saturated heterocycles. The number of rotatable bonds is 4. The van der Waals surface area contributed by atoms with E-state index in [9.17, 15) is 4.79 Å². The fourth-order valence-corrected chi connectivity index (χ4v) is 2.13. The van der Waals surface area contributed by atoms with Gasteiger partial charge in [-0.2, -0.15) is 5.10 Å². The Bertz CT molecular complexity index is 615. The highest BCUT2D eigenvalue weighted by Crippen LogP contribution is 2.18. The van der Waals surface area contributed by atoms with Gasteiger partial charge in [-0.1, -0.05) is 12.1 Å². The van der Waals surface area contributed by atoms with Crippen LogP contribution in [0, 0.1) is 13.8 Å². The summed E-state index contributed by atoms with van der Waals surface area (Å²) in [6, 6.07) is 7.24. The zero-order valence-corrected chi connectivity index (χ0v) is 11.7. The first kappa shape index (κ1) is 13.3. The molecule has 4 nitrogen and oxygen atoms in total. The molecule has 0 aliphatic carbocycles. The summed E-state index contributed by atoms with van der Waals surface area (Å²) in [4.78, 5) is 12.3. The summed E-state index contributed by atoms with van der Waals surface area (Å²) >= 11 is 0. The molecule has 0 N–H and O–H groups in total. The average Bonchev–Trinajstić information content (AvgIpc) is 2.65. The molecule has 0 aliphatic heterocycles. The third-order valence-corrected chi connectivity index (χ3v) is 3.39. The van der Waals surface area contributed by atoms with Crippen molar-refractivity contribution >= 4 is 5.78 Å². The molecule has 2 aromatic rings. The van der Waals surface area contributed by atoms with Gasteiger partial charge >= 0.3 is 0 Å². The van der Waals surface area contributed by atoms with Crippen LogP contribution in [0.3, 0.4) is 0 Å². The van der Waals surface area contributed by atoms with E-state index in [0.717, 1.165) is 17.0 Å². The summed E-state index contributed by atoms with van der Waals surface area (Å²) in [7, 11) is 3.49. The zero-order valence-electron chi connectivity index (χ0n) is 11.7. The number of ketones is 1. The minimum absolute atomic E-state index is 0.0816. The van der Waals surface area contributed by atoms with Crippen molar-refractivity contribution in [3.63, 3.8) is 0 Å². The van der Waals surface area contributed by atoms with Crippen LogP contribution in [-0.2, 0) is 13.5 Å². The van der Waals surface area contributed by atoms with Gasteiger partial charge in [0.25, 0.3) is 0 Å². The van der Waals surface area contributed by atoms with E-state index in [4.69, 9.17) is 4.74 Å². The van der Waals surface area contributed by atoms with E-state index >= 15 is 0 Å². The topological polar surface area (TPSA) is 44.1 Å². The van der Waals surface area contributed by atoms with Gasteiger partial charge < -0.3 is 4.74 Å². The lowest BCUT2D eigenvalue weighted by Gasteiger charge is -2.04. The molecule has 0 saturated carbocycles. The first-order chi connectivity index (χ1) is 9.02. The Morgan fingerprint density at radius 2 is 2.11 bits per heavy atom. The smallest absolute Gasteiger partial charge is 0.167 e. The maximum absolute atomic E-state index is 12.3. The van der Waals surface area contributed by atoms with Gasteiger partial charge in [-0.25, -0.2) is 0 Å². The molecule has 4 heteroatoms. The molecule has 0 unspecified atom stereocenters. The second-order valence-electron chi connectivity index (χ2n) is 4.60. The molecule has 0 bridgehead atoms. The molecule has 19 heavy (non-hydrogen) atoms. The third-order valence-electron chi connectivity index (χ3n) is 3.39. The monoisotopic (exact) mass is 258 g/mol. The van der Waals surface area contributed by atoms with Crippen LogP contribution in [0.15, 0.2) is 24.3 Å². The van der Waals surface area contributed by atoms with Crippen molar-refractivity contribution < 1.29 is 9.53 Å². The molecule has 1 aromatic carbocycles. The average molecular weight is 258 g/mol. The summed E-state index contributed by atoms with van der Waals surface area (Å²) in [6.45, 7) is 3.91. The number of hydrogen-bond acceptors (Lipinski definition) is 3. The Labute approximate surface area is 113 Å². The number of Topliss-reactive ketones (excluding diaryl/α,β-unsaturated/α-hetero) is 1. The summed E-state index contributed by atoms with van der Waals surface area (Å²) in [6.07, 6.45) is 0.374. The number of aromatic nitrogens is 2. The maximum atomic E-state index is 12.3. The largest absolute Gasteiger partial charge is 0.497 e. The van der Waals surface area contributed by atoms with Crippen molar-refractivity contribution in [2.45, 2.75) is 20.3 Å². The Hall–Kier alpha value is -2.10. The highest BCUT2D eigenvalue weighted by atomic mass is 16.5.